The molecule has 1 rings (SSSR count). The number of rotatable bonds is 5. The molecule has 1 aromatic rings. The molecule has 16 heavy (non-hydrogen) atoms. The summed E-state index contributed by atoms with van der Waals surface area (Å²) < 4.78 is 0. The molecule has 1 aromatic heterocycles. The number of hydrogen-bond acceptors (Lipinski definition) is 7. The van der Waals surface area contributed by atoms with Gasteiger partial charge in [-0.2, -0.15) is 0 Å². The molecular formula is C8H13ClN4O3. The molecule has 0 aliphatic carbocycles. The largest absolute Gasteiger partial charge is 0.394 e. The summed E-state index contributed by atoms with van der Waals surface area (Å²) in [6, 6.07) is 0. The van der Waals surface area contributed by atoms with Gasteiger partial charge in [-0.15, -0.1) is 0 Å². The van der Waals surface area contributed by atoms with E-state index in [4.69, 9.17) is 32.7 Å². The van der Waals surface area contributed by atoms with Crippen molar-refractivity contribution in [1.29, 1.82) is 0 Å². The number of nitrogen functional groups attached to an aromatic ring is 1. The zero-order valence-electron chi connectivity index (χ0n) is 8.39. The minimum Gasteiger partial charge on any atom is -0.394 e. The lowest BCUT2D eigenvalue weighted by Crippen LogP contribution is -2.49. The fraction of sp³-hybridized carbons (Fsp3) is 0.500. The molecule has 90 valence electrons. The molecule has 0 saturated carbocycles. The second-order valence-electron chi connectivity index (χ2n) is 3.30. The Morgan fingerprint density at radius 1 is 1.25 bits per heavy atom. The van der Waals surface area contributed by atoms with E-state index in [1.165, 1.54) is 6.33 Å². The van der Waals surface area contributed by atoms with Gasteiger partial charge in [-0.05, 0) is 0 Å². The van der Waals surface area contributed by atoms with Gasteiger partial charge in [-0.3, -0.25) is 0 Å². The van der Waals surface area contributed by atoms with E-state index < -0.39 is 25.4 Å². The van der Waals surface area contributed by atoms with Gasteiger partial charge in [0.05, 0.1) is 19.8 Å². The van der Waals surface area contributed by atoms with Gasteiger partial charge in [-0.25, -0.2) is 9.97 Å². The Balaban J connectivity index is 2.98. The van der Waals surface area contributed by atoms with Crippen molar-refractivity contribution in [2.45, 2.75) is 5.54 Å². The van der Waals surface area contributed by atoms with Crippen LogP contribution in [0.25, 0.3) is 0 Å². The summed E-state index contributed by atoms with van der Waals surface area (Å²) in [6.07, 6.45) is 1.18. The number of anilines is 2. The highest BCUT2D eigenvalue weighted by Gasteiger charge is 2.29. The van der Waals surface area contributed by atoms with Crippen LogP contribution in [0.2, 0.25) is 5.02 Å². The van der Waals surface area contributed by atoms with Gasteiger partial charge in [-0.1, -0.05) is 11.6 Å². The minimum absolute atomic E-state index is 0.0712. The summed E-state index contributed by atoms with van der Waals surface area (Å²) in [6.45, 7) is -1.46. The van der Waals surface area contributed by atoms with E-state index in [9.17, 15) is 0 Å². The van der Waals surface area contributed by atoms with Crippen LogP contribution in [0.4, 0.5) is 11.6 Å². The first-order chi connectivity index (χ1) is 7.58. The molecule has 0 amide bonds. The molecular weight excluding hydrogens is 236 g/mol. The molecule has 0 aliphatic rings. The third-order valence-electron chi connectivity index (χ3n) is 2.11. The second-order valence-corrected chi connectivity index (χ2v) is 3.68. The van der Waals surface area contributed by atoms with Gasteiger partial charge in [0.15, 0.2) is 5.82 Å². The molecule has 7 nitrogen and oxygen atoms in total. The highest BCUT2D eigenvalue weighted by molar-refractivity contribution is 6.35. The molecule has 0 aromatic carbocycles. The highest BCUT2D eigenvalue weighted by Crippen LogP contribution is 2.25. The highest BCUT2D eigenvalue weighted by atomic mass is 35.5. The van der Waals surface area contributed by atoms with Gasteiger partial charge in [0.25, 0.3) is 0 Å². The van der Waals surface area contributed by atoms with Crippen molar-refractivity contribution in [3.05, 3.63) is 11.3 Å². The Hall–Kier alpha value is -1.15. The monoisotopic (exact) mass is 248 g/mol. The first-order valence-electron chi connectivity index (χ1n) is 4.45. The molecule has 0 unspecified atom stereocenters. The fourth-order valence-electron chi connectivity index (χ4n) is 0.990. The first-order valence-corrected chi connectivity index (χ1v) is 4.83. The van der Waals surface area contributed by atoms with Crippen LogP contribution in [0.1, 0.15) is 0 Å². The molecule has 0 radical (unpaired) electrons. The summed E-state index contributed by atoms with van der Waals surface area (Å²) in [7, 11) is 0. The minimum atomic E-state index is -1.30. The molecule has 0 spiro atoms. The maximum Gasteiger partial charge on any atom is 0.151 e. The van der Waals surface area contributed by atoms with Crippen LogP contribution in [-0.2, 0) is 0 Å². The Kier molecular flexibility index (Phi) is 4.25. The Morgan fingerprint density at radius 2 is 1.81 bits per heavy atom. The van der Waals surface area contributed by atoms with Crippen LogP contribution >= 0.6 is 11.6 Å². The summed E-state index contributed by atoms with van der Waals surface area (Å²) in [4.78, 5) is 7.45. The number of aliphatic hydroxyl groups excluding tert-OH is 3. The average Bonchev–Trinajstić information content (AvgIpc) is 2.32. The molecule has 0 aliphatic heterocycles. The lowest BCUT2D eigenvalue weighted by molar-refractivity contribution is 0.0831. The van der Waals surface area contributed by atoms with Crippen molar-refractivity contribution in [3.63, 3.8) is 0 Å². The maximum atomic E-state index is 9.10. The third-order valence-corrected chi connectivity index (χ3v) is 2.48. The van der Waals surface area contributed by atoms with Crippen LogP contribution in [-0.4, -0.2) is 50.6 Å². The van der Waals surface area contributed by atoms with Crippen LogP contribution in [0.3, 0.4) is 0 Å². The maximum absolute atomic E-state index is 9.10. The number of halogens is 1. The summed E-state index contributed by atoms with van der Waals surface area (Å²) in [5, 5.41) is 30.0. The van der Waals surface area contributed by atoms with Gasteiger partial charge >= 0.3 is 0 Å². The summed E-state index contributed by atoms with van der Waals surface area (Å²) in [5.41, 5.74) is 4.15. The standard InChI is InChI=1S/C8H13ClN4O3/c9-5-6(10)11-4-12-7(5)13-8(1-14,2-15)3-16/h4,14-16H,1-3H2,(H3,10,11,12,13). The quantitative estimate of drug-likeness (QED) is 0.445. The van der Waals surface area contributed by atoms with E-state index in [0.29, 0.717) is 0 Å². The molecule has 0 saturated heterocycles. The lowest BCUT2D eigenvalue weighted by atomic mass is 10.0. The molecule has 0 fully saturated rings. The van der Waals surface area contributed by atoms with Crippen molar-refractivity contribution >= 4 is 23.2 Å². The number of aromatic nitrogens is 2. The van der Waals surface area contributed by atoms with Gasteiger partial charge in [0, 0.05) is 0 Å². The zero-order chi connectivity index (χ0) is 12.2. The smallest absolute Gasteiger partial charge is 0.151 e. The molecule has 0 atom stereocenters. The number of aliphatic hydroxyl groups is 3. The van der Waals surface area contributed by atoms with E-state index in [2.05, 4.69) is 15.3 Å². The average molecular weight is 249 g/mol. The van der Waals surface area contributed by atoms with Crippen LogP contribution in [0, 0.1) is 0 Å². The molecule has 8 heteroatoms. The fourth-order valence-corrected chi connectivity index (χ4v) is 1.14. The van der Waals surface area contributed by atoms with Crippen LogP contribution in [0.5, 0.6) is 0 Å². The van der Waals surface area contributed by atoms with E-state index >= 15 is 0 Å². The number of hydrogen-bond donors (Lipinski definition) is 5. The van der Waals surface area contributed by atoms with Crippen molar-refractivity contribution in [2.75, 3.05) is 30.9 Å². The van der Waals surface area contributed by atoms with Crippen molar-refractivity contribution in [1.82, 2.24) is 9.97 Å². The van der Waals surface area contributed by atoms with Crippen molar-refractivity contribution in [2.24, 2.45) is 0 Å². The molecule has 1 heterocycles. The second kappa shape index (κ2) is 5.26. The van der Waals surface area contributed by atoms with Gasteiger partial charge in [0.1, 0.15) is 22.7 Å². The normalized spacial score (nSPS) is 11.5. The molecule has 6 N–H and O–H groups in total. The summed E-state index contributed by atoms with van der Waals surface area (Å²) >= 11 is 5.81. The zero-order valence-corrected chi connectivity index (χ0v) is 9.15. The molecule has 0 bridgehead atoms. The van der Waals surface area contributed by atoms with Crippen molar-refractivity contribution < 1.29 is 15.3 Å². The Bertz CT molecular complexity index is 351. The third kappa shape index (κ3) is 2.50. The predicted octanol–water partition coefficient (Wildman–Crippen LogP) is -1.16. The van der Waals surface area contributed by atoms with Gasteiger partial charge < -0.3 is 26.4 Å². The van der Waals surface area contributed by atoms with E-state index in [1.807, 2.05) is 0 Å². The van der Waals surface area contributed by atoms with E-state index in [0.717, 1.165) is 0 Å². The Labute approximate surface area is 96.9 Å². The van der Waals surface area contributed by atoms with Crippen LogP contribution < -0.4 is 11.1 Å². The van der Waals surface area contributed by atoms with E-state index in [1.54, 1.807) is 0 Å². The van der Waals surface area contributed by atoms with Crippen LogP contribution in [0.15, 0.2) is 6.33 Å². The number of nitrogens with zero attached hydrogens (tertiary/aromatic N) is 2. The first kappa shape index (κ1) is 12.9. The SMILES string of the molecule is Nc1ncnc(NC(CO)(CO)CO)c1Cl. The lowest BCUT2D eigenvalue weighted by Gasteiger charge is -2.29. The number of nitrogens with one attached hydrogen (secondary N) is 1. The Morgan fingerprint density at radius 3 is 2.31 bits per heavy atom. The number of nitrogens with two attached hydrogens (primary N) is 1. The topological polar surface area (TPSA) is 125 Å². The summed E-state index contributed by atoms with van der Waals surface area (Å²) in [5.74, 6) is 0.216. The van der Waals surface area contributed by atoms with Gasteiger partial charge in [0.2, 0.25) is 0 Å². The predicted molar refractivity (Wildman–Crippen MR) is 59.1 cm³/mol. The van der Waals surface area contributed by atoms with E-state index in [-0.39, 0.29) is 16.7 Å². The van der Waals surface area contributed by atoms with Crippen molar-refractivity contribution in [3.8, 4) is 0 Å².